The van der Waals surface area contributed by atoms with Crippen LogP contribution in [0, 0.1) is 0 Å². The number of para-hydroxylation sites is 1. The zero-order valence-electron chi connectivity index (χ0n) is 16.7. The highest BCUT2D eigenvalue weighted by Crippen LogP contribution is 2.31. The van der Waals surface area contributed by atoms with Gasteiger partial charge in [-0.1, -0.05) is 32.0 Å². The number of carbonyl (C=O) groups excluding carboxylic acids is 1. The third-order valence-electron chi connectivity index (χ3n) is 4.20. The van der Waals surface area contributed by atoms with Gasteiger partial charge in [-0.2, -0.15) is 0 Å². The molecule has 7 nitrogen and oxygen atoms in total. The summed E-state index contributed by atoms with van der Waals surface area (Å²) in [4.78, 5) is 12.6. The number of anilines is 2. The summed E-state index contributed by atoms with van der Waals surface area (Å²) in [5.41, 5.74) is 1.78. The zero-order valence-corrected chi connectivity index (χ0v) is 17.5. The molecule has 152 valence electrons. The van der Waals surface area contributed by atoms with E-state index in [-0.39, 0.29) is 12.5 Å². The lowest BCUT2D eigenvalue weighted by Crippen LogP contribution is -2.38. The summed E-state index contributed by atoms with van der Waals surface area (Å²) in [5.74, 6) is 0.623. The molecule has 0 atom stereocenters. The number of sulfonamides is 1. The van der Waals surface area contributed by atoms with Crippen LogP contribution in [0.1, 0.15) is 25.3 Å². The second kappa shape index (κ2) is 8.97. The second-order valence-electron chi connectivity index (χ2n) is 6.60. The van der Waals surface area contributed by atoms with E-state index in [0.717, 1.165) is 16.1 Å². The van der Waals surface area contributed by atoms with E-state index in [0.29, 0.717) is 22.9 Å². The van der Waals surface area contributed by atoms with Gasteiger partial charge in [0.15, 0.2) is 0 Å². The largest absolute Gasteiger partial charge is 0.497 e. The summed E-state index contributed by atoms with van der Waals surface area (Å²) in [6, 6.07) is 12.1. The summed E-state index contributed by atoms with van der Waals surface area (Å²) >= 11 is 0. The number of carbonyl (C=O) groups is 1. The molecule has 0 fully saturated rings. The summed E-state index contributed by atoms with van der Waals surface area (Å²) in [5, 5.41) is 2.71. The van der Waals surface area contributed by atoms with Crippen molar-refractivity contribution in [2.24, 2.45) is 0 Å². The summed E-state index contributed by atoms with van der Waals surface area (Å²) in [7, 11) is -0.657. The van der Waals surface area contributed by atoms with E-state index in [4.69, 9.17) is 9.47 Å². The number of rotatable bonds is 8. The summed E-state index contributed by atoms with van der Waals surface area (Å²) < 4.78 is 36.3. The van der Waals surface area contributed by atoms with Gasteiger partial charge < -0.3 is 14.8 Å². The van der Waals surface area contributed by atoms with Crippen molar-refractivity contribution in [2.75, 3.05) is 36.6 Å². The number of methoxy groups -OCH3 is 2. The monoisotopic (exact) mass is 406 g/mol. The van der Waals surface area contributed by atoms with Crippen LogP contribution in [0.2, 0.25) is 0 Å². The van der Waals surface area contributed by atoms with Gasteiger partial charge in [-0.05, 0) is 29.7 Å². The third-order valence-corrected chi connectivity index (χ3v) is 5.32. The summed E-state index contributed by atoms with van der Waals surface area (Å²) in [6.45, 7) is 3.60. The Labute approximate surface area is 166 Å². The minimum absolute atomic E-state index is 0.102. The predicted octanol–water partition coefficient (Wildman–Crippen LogP) is 3.23. The topological polar surface area (TPSA) is 84.9 Å². The normalized spacial score (nSPS) is 11.2. The van der Waals surface area contributed by atoms with Crippen LogP contribution >= 0.6 is 0 Å². The number of amides is 1. The van der Waals surface area contributed by atoms with Gasteiger partial charge in [0, 0.05) is 6.07 Å². The number of nitrogens with zero attached hydrogens (tertiary/aromatic N) is 1. The zero-order chi connectivity index (χ0) is 20.9. The molecule has 0 spiro atoms. The lowest BCUT2D eigenvalue weighted by Gasteiger charge is -2.25. The first kappa shape index (κ1) is 21.6. The van der Waals surface area contributed by atoms with Crippen LogP contribution in [-0.4, -0.2) is 41.3 Å². The molecule has 1 amide bonds. The molecule has 0 aromatic heterocycles. The van der Waals surface area contributed by atoms with E-state index in [1.165, 1.54) is 14.2 Å². The summed E-state index contributed by atoms with van der Waals surface area (Å²) in [6.07, 6.45) is 1.09. The fourth-order valence-electron chi connectivity index (χ4n) is 2.81. The van der Waals surface area contributed by atoms with Crippen molar-refractivity contribution in [1.82, 2.24) is 0 Å². The molecule has 2 aromatic carbocycles. The van der Waals surface area contributed by atoms with Crippen molar-refractivity contribution >= 4 is 27.3 Å². The molecule has 0 saturated carbocycles. The first-order valence-electron chi connectivity index (χ1n) is 8.76. The molecule has 0 radical (unpaired) electrons. The maximum absolute atomic E-state index is 12.6. The smallest absolute Gasteiger partial charge is 0.245 e. The molecule has 0 unspecified atom stereocenters. The Morgan fingerprint density at radius 3 is 2.36 bits per heavy atom. The Balaban J connectivity index is 2.31. The molecule has 0 aliphatic rings. The van der Waals surface area contributed by atoms with Crippen LogP contribution in [0.25, 0.3) is 0 Å². The van der Waals surface area contributed by atoms with Gasteiger partial charge in [-0.3, -0.25) is 9.10 Å². The molecule has 8 heteroatoms. The quantitative estimate of drug-likeness (QED) is 0.727. The van der Waals surface area contributed by atoms with E-state index in [9.17, 15) is 13.2 Å². The lowest BCUT2D eigenvalue weighted by molar-refractivity contribution is -0.114. The fraction of sp³-hybridized carbons (Fsp3) is 0.350. The lowest BCUT2D eigenvalue weighted by atomic mass is 10.0. The molecule has 28 heavy (non-hydrogen) atoms. The molecule has 0 aliphatic carbocycles. The second-order valence-corrected chi connectivity index (χ2v) is 8.50. The highest BCUT2D eigenvalue weighted by Gasteiger charge is 2.24. The van der Waals surface area contributed by atoms with Gasteiger partial charge in [0.1, 0.15) is 18.0 Å². The van der Waals surface area contributed by atoms with Crippen molar-refractivity contribution in [3.05, 3.63) is 48.0 Å². The maximum atomic E-state index is 12.6. The SMILES string of the molecule is COc1ccc(NC(=O)CN(c2ccccc2C(C)C)S(C)(=O)=O)c(OC)c1. The Hall–Kier alpha value is -2.74. The van der Waals surface area contributed by atoms with Crippen LogP contribution in [0.15, 0.2) is 42.5 Å². The van der Waals surface area contributed by atoms with Crippen molar-refractivity contribution in [2.45, 2.75) is 19.8 Å². The van der Waals surface area contributed by atoms with Gasteiger partial charge in [0.25, 0.3) is 0 Å². The number of hydrogen-bond donors (Lipinski definition) is 1. The minimum atomic E-state index is -3.67. The van der Waals surface area contributed by atoms with E-state index < -0.39 is 15.9 Å². The van der Waals surface area contributed by atoms with E-state index in [1.54, 1.807) is 30.3 Å². The fourth-order valence-corrected chi connectivity index (χ4v) is 3.68. The molecule has 0 aliphatic heterocycles. The molecule has 1 N–H and O–H groups in total. The van der Waals surface area contributed by atoms with Gasteiger partial charge in [0.2, 0.25) is 15.9 Å². The minimum Gasteiger partial charge on any atom is -0.497 e. The first-order chi connectivity index (χ1) is 13.2. The average molecular weight is 407 g/mol. The van der Waals surface area contributed by atoms with Crippen LogP contribution in [-0.2, 0) is 14.8 Å². The third kappa shape index (κ3) is 5.16. The molecular formula is C20H26N2O5S. The average Bonchev–Trinajstić information content (AvgIpc) is 2.65. The number of hydrogen-bond acceptors (Lipinski definition) is 5. The highest BCUT2D eigenvalue weighted by molar-refractivity contribution is 7.92. The molecular weight excluding hydrogens is 380 g/mol. The van der Waals surface area contributed by atoms with E-state index >= 15 is 0 Å². The van der Waals surface area contributed by atoms with Gasteiger partial charge in [-0.15, -0.1) is 0 Å². The molecule has 0 saturated heterocycles. The number of ether oxygens (including phenoxy) is 2. The molecule has 2 aromatic rings. The van der Waals surface area contributed by atoms with E-state index in [1.807, 2.05) is 26.0 Å². The standard InChI is InChI=1S/C20H26N2O5S/c1-14(2)16-8-6-7-9-18(16)22(28(5,24)25)13-20(23)21-17-11-10-15(26-3)12-19(17)27-4/h6-12,14H,13H2,1-5H3,(H,21,23). The Bertz CT molecular complexity index is 941. The van der Waals surface area contributed by atoms with Crippen molar-refractivity contribution in [3.63, 3.8) is 0 Å². The Kier molecular flexibility index (Phi) is 6.90. The van der Waals surface area contributed by atoms with Crippen LogP contribution in [0.3, 0.4) is 0 Å². The van der Waals surface area contributed by atoms with Crippen molar-refractivity contribution in [3.8, 4) is 11.5 Å². The molecule has 0 bridgehead atoms. The predicted molar refractivity (Wildman–Crippen MR) is 111 cm³/mol. The van der Waals surface area contributed by atoms with Crippen LogP contribution in [0.4, 0.5) is 11.4 Å². The number of benzene rings is 2. The molecule has 0 heterocycles. The molecule has 2 rings (SSSR count). The Morgan fingerprint density at radius 1 is 1.11 bits per heavy atom. The van der Waals surface area contributed by atoms with Crippen LogP contribution < -0.4 is 19.1 Å². The van der Waals surface area contributed by atoms with Crippen LogP contribution in [0.5, 0.6) is 11.5 Å². The first-order valence-corrected chi connectivity index (χ1v) is 10.6. The van der Waals surface area contributed by atoms with Gasteiger partial charge >= 0.3 is 0 Å². The highest BCUT2D eigenvalue weighted by atomic mass is 32.2. The number of nitrogens with one attached hydrogen (secondary N) is 1. The van der Waals surface area contributed by atoms with E-state index in [2.05, 4.69) is 5.32 Å². The Morgan fingerprint density at radius 2 is 1.79 bits per heavy atom. The van der Waals surface area contributed by atoms with Gasteiger partial charge in [0.05, 0.1) is 31.9 Å². The van der Waals surface area contributed by atoms with Crippen molar-refractivity contribution in [1.29, 1.82) is 0 Å². The maximum Gasteiger partial charge on any atom is 0.245 e. The van der Waals surface area contributed by atoms with Gasteiger partial charge in [-0.25, -0.2) is 8.42 Å². The van der Waals surface area contributed by atoms with Crippen molar-refractivity contribution < 1.29 is 22.7 Å².